The van der Waals surface area contributed by atoms with Crippen LogP contribution in [0, 0.1) is 10.1 Å². The molecule has 0 radical (unpaired) electrons. The number of nitro groups is 1. The van der Waals surface area contributed by atoms with Crippen LogP contribution in [0.5, 0.6) is 0 Å². The molecule has 0 aliphatic carbocycles. The summed E-state index contributed by atoms with van der Waals surface area (Å²) in [6.45, 7) is 2.26. The van der Waals surface area contributed by atoms with Crippen LogP contribution in [0.3, 0.4) is 0 Å². The zero-order chi connectivity index (χ0) is 15.4. The van der Waals surface area contributed by atoms with E-state index in [1.807, 2.05) is 6.92 Å². The van der Waals surface area contributed by atoms with Gasteiger partial charge in [0.25, 0.3) is 0 Å². The maximum Gasteiger partial charge on any atom is 0.354 e. The Bertz CT molecular complexity index is 686. The number of thiazole rings is 1. The van der Waals surface area contributed by atoms with Gasteiger partial charge in [0.1, 0.15) is 5.01 Å². The first-order valence-corrected chi connectivity index (χ1v) is 6.89. The predicted octanol–water partition coefficient (Wildman–Crippen LogP) is 2.32. The fraction of sp³-hybridized carbons (Fsp3) is 0.250. The second-order valence-corrected chi connectivity index (χ2v) is 5.25. The van der Waals surface area contributed by atoms with Crippen molar-refractivity contribution in [3.8, 4) is 0 Å². The first kappa shape index (κ1) is 14.9. The number of carbonyl (C=O) groups is 1. The largest absolute Gasteiger partial charge is 0.477 e. The number of carboxylic acids is 1. The monoisotopic (exact) mass is 308 g/mol. The number of nitrogens with one attached hydrogen (secondary N) is 1. The van der Waals surface area contributed by atoms with Crippen LogP contribution in [0.2, 0.25) is 0 Å². The fourth-order valence-corrected chi connectivity index (χ4v) is 2.40. The van der Waals surface area contributed by atoms with Gasteiger partial charge in [0.2, 0.25) is 5.82 Å². The number of aryl methyl sites for hydroxylation is 1. The predicted molar refractivity (Wildman–Crippen MR) is 76.7 cm³/mol. The Balaban J connectivity index is 2.22. The lowest BCUT2D eigenvalue weighted by Gasteiger charge is -2.05. The van der Waals surface area contributed by atoms with Crippen molar-refractivity contribution in [1.82, 2.24) is 9.97 Å². The molecule has 9 heteroatoms. The summed E-state index contributed by atoms with van der Waals surface area (Å²) in [7, 11) is 0. The Hall–Kier alpha value is -2.55. The van der Waals surface area contributed by atoms with Crippen LogP contribution in [0.25, 0.3) is 0 Å². The number of anilines is 1. The lowest BCUT2D eigenvalue weighted by molar-refractivity contribution is -0.384. The molecule has 0 bridgehead atoms. The van der Waals surface area contributed by atoms with E-state index in [-0.39, 0.29) is 23.7 Å². The van der Waals surface area contributed by atoms with Gasteiger partial charge in [-0.1, -0.05) is 6.92 Å². The van der Waals surface area contributed by atoms with Gasteiger partial charge in [-0.3, -0.25) is 10.1 Å². The molecule has 8 nitrogen and oxygen atoms in total. The molecule has 2 aromatic rings. The molecule has 0 saturated carbocycles. The first-order chi connectivity index (χ1) is 10.0. The summed E-state index contributed by atoms with van der Waals surface area (Å²) >= 11 is 1.49. The van der Waals surface area contributed by atoms with Gasteiger partial charge < -0.3 is 10.4 Å². The lowest BCUT2D eigenvalue weighted by Crippen LogP contribution is -2.08. The summed E-state index contributed by atoms with van der Waals surface area (Å²) in [4.78, 5) is 30.2. The van der Waals surface area contributed by atoms with Gasteiger partial charge in [0, 0.05) is 17.1 Å². The lowest BCUT2D eigenvalue weighted by atomic mass is 10.3. The molecular formula is C12H12N4O4S. The van der Waals surface area contributed by atoms with Crippen molar-refractivity contribution in [1.29, 1.82) is 0 Å². The second-order valence-electron chi connectivity index (χ2n) is 4.05. The number of aromatic carboxylic acids is 1. The SMILES string of the molecule is CCc1cnc(CNc2nc(C(=O)O)ccc2[N+](=O)[O-])s1. The molecule has 0 amide bonds. The minimum Gasteiger partial charge on any atom is -0.477 e. The smallest absolute Gasteiger partial charge is 0.354 e. The Morgan fingerprint density at radius 3 is 2.86 bits per heavy atom. The van der Waals surface area contributed by atoms with Gasteiger partial charge in [-0.15, -0.1) is 11.3 Å². The van der Waals surface area contributed by atoms with E-state index in [1.54, 1.807) is 6.20 Å². The Morgan fingerprint density at radius 2 is 2.29 bits per heavy atom. The summed E-state index contributed by atoms with van der Waals surface area (Å²) in [6.07, 6.45) is 2.61. The molecule has 0 unspecified atom stereocenters. The highest BCUT2D eigenvalue weighted by molar-refractivity contribution is 7.11. The van der Waals surface area contributed by atoms with Crippen LogP contribution in [0.4, 0.5) is 11.5 Å². The molecule has 0 spiro atoms. The van der Waals surface area contributed by atoms with Crippen molar-refractivity contribution >= 4 is 28.8 Å². The highest BCUT2D eigenvalue weighted by atomic mass is 32.1. The number of aromatic nitrogens is 2. The van der Waals surface area contributed by atoms with Crippen molar-refractivity contribution in [2.24, 2.45) is 0 Å². The minimum absolute atomic E-state index is 0.0758. The summed E-state index contributed by atoms with van der Waals surface area (Å²) in [5.41, 5.74) is -0.524. The second kappa shape index (κ2) is 6.27. The Kier molecular flexibility index (Phi) is 4.43. The van der Waals surface area contributed by atoms with Gasteiger partial charge in [0.15, 0.2) is 5.69 Å². The first-order valence-electron chi connectivity index (χ1n) is 6.07. The number of nitrogens with zero attached hydrogens (tertiary/aromatic N) is 3. The van der Waals surface area contributed by atoms with Crippen molar-refractivity contribution in [3.05, 3.63) is 44.0 Å². The molecule has 0 aliphatic heterocycles. The molecule has 2 heterocycles. The van der Waals surface area contributed by atoms with Gasteiger partial charge >= 0.3 is 11.7 Å². The number of pyridine rings is 1. The molecule has 0 aliphatic rings. The third kappa shape index (κ3) is 3.51. The quantitative estimate of drug-likeness (QED) is 0.621. The Labute approximate surface area is 123 Å². The van der Waals surface area contributed by atoms with E-state index in [4.69, 9.17) is 5.11 Å². The van der Waals surface area contributed by atoms with E-state index in [2.05, 4.69) is 15.3 Å². The summed E-state index contributed by atoms with van der Waals surface area (Å²) in [5.74, 6) is -1.32. The fourth-order valence-electron chi connectivity index (χ4n) is 1.60. The van der Waals surface area contributed by atoms with Crippen molar-refractivity contribution in [2.45, 2.75) is 19.9 Å². The van der Waals surface area contributed by atoms with E-state index in [1.165, 1.54) is 11.3 Å². The molecule has 0 fully saturated rings. The highest BCUT2D eigenvalue weighted by Crippen LogP contribution is 2.23. The standard InChI is InChI=1S/C12H12N4O4S/c1-2-7-5-13-10(21-7)6-14-11-9(16(19)20)4-3-8(15-11)12(17)18/h3-5H,2,6H2,1H3,(H,14,15)(H,17,18). The van der Waals surface area contributed by atoms with Gasteiger partial charge in [-0.2, -0.15) is 0 Å². The third-order valence-corrected chi connectivity index (χ3v) is 3.79. The maximum atomic E-state index is 10.9. The number of rotatable bonds is 6. The molecule has 110 valence electrons. The van der Waals surface area contributed by atoms with Crippen LogP contribution < -0.4 is 5.32 Å². The highest BCUT2D eigenvalue weighted by Gasteiger charge is 2.18. The molecular weight excluding hydrogens is 296 g/mol. The average Bonchev–Trinajstić information content (AvgIpc) is 2.92. The van der Waals surface area contributed by atoms with E-state index in [0.717, 1.165) is 28.4 Å². The van der Waals surface area contributed by atoms with E-state index in [0.29, 0.717) is 0 Å². The van der Waals surface area contributed by atoms with Crippen molar-refractivity contribution in [2.75, 3.05) is 5.32 Å². The van der Waals surface area contributed by atoms with Crippen LogP contribution in [0.1, 0.15) is 27.3 Å². The van der Waals surface area contributed by atoms with Crippen LogP contribution in [-0.4, -0.2) is 26.0 Å². The van der Waals surface area contributed by atoms with Gasteiger partial charge in [0.05, 0.1) is 11.5 Å². The maximum absolute atomic E-state index is 10.9. The number of hydrogen-bond donors (Lipinski definition) is 2. The summed E-state index contributed by atoms with van der Waals surface area (Å²) in [6, 6.07) is 2.22. The molecule has 21 heavy (non-hydrogen) atoms. The topological polar surface area (TPSA) is 118 Å². The zero-order valence-corrected chi connectivity index (χ0v) is 11.9. The number of hydrogen-bond acceptors (Lipinski definition) is 7. The molecule has 2 rings (SSSR count). The van der Waals surface area contributed by atoms with E-state index >= 15 is 0 Å². The molecule has 2 aromatic heterocycles. The minimum atomic E-state index is -1.24. The van der Waals surface area contributed by atoms with Crippen molar-refractivity contribution in [3.63, 3.8) is 0 Å². The molecule has 2 N–H and O–H groups in total. The van der Waals surface area contributed by atoms with Gasteiger partial charge in [-0.05, 0) is 12.5 Å². The van der Waals surface area contributed by atoms with Crippen LogP contribution in [-0.2, 0) is 13.0 Å². The van der Waals surface area contributed by atoms with E-state index in [9.17, 15) is 14.9 Å². The van der Waals surface area contributed by atoms with Gasteiger partial charge in [-0.25, -0.2) is 14.8 Å². The van der Waals surface area contributed by atoms with Crippen LogP contribution in [0.15, 0.2) is 18.3 Å². The third-order valence-electron chi connectivity index (χ3n) is 2.65. The summed E-state index contributed by atoms with van der Waals surface area (Å²) in [5, 5.41) is 23.3. The normalized spacial score (nSPS) is 10.3. The number of carboxylic acid groups (broad SMARTS) is 1. The average molecular weight is 308 g/mol. The molecule has 0 aromatic carbocycles. The molecule has 0 atom stereocenters. The summed E-state index contributed by atoms with van der Waals surface area (Å²) < 4.78 is 0. The zero-order valence-electron chi connectivity index (χ0n) is 11.1. The van der Waals surface area contributed by atoms with Crippen LogP contribution >= 0.6 is 11.3 Å². The van der Waals surface area contributed by atoms with E-state index < -0.39 is 10.9 Å². The van der Waals surface area contributed by atoms with Crippen molar-refractivity contribution < 1.29 is 14.8 Å². The Morgan fingerprint density at radius 1 is 1.52 bits per heavy atom. The molecule has 0 saturated heterocycles.